The topological polar surface area (TPSA) is 44.8 Å². The molecule has 1 atom stereocenters. The van der Waals surface area contributed by atoms with E-state index in [4.69, 9.17) is 4.74 Å². The van der Waals surface area contributed by atoms with Crippen molar-refractivity contribution in [1.29, 1.82) is 0 Å². The molecule has 5 nitrogen and oxygen atoms in total. The van der Waals surface area contributed by atoms with E-state index in [0.717, 1.165) is 44.6 Å². The first-order valence-electron chi connectivity index (χ1n) is 8.28. The maximum absolute atomic E-state index is 13.3. The number of nitrogens with zero attached hydrogens (tertiary/aromatic N) is 2. The van der Waals surface area contributed by atoms with Gasteiger partial charge in [-0.15, -0.1) is 0 Å². The first-order valence-corrected chi connectivity index (χ1v) is 8.28. The third-order valence-electron chi connectivity index (χ3n) is 4.59. The molecule has 3 rings (SSSR count). The highest BCUT2D eigenvalue weighted by molar-refractivity contribution is 5.90. The van der Waals surface area contributed by atoms with Crippen molar-refractivity contribution in [2.24, 2.45) is 0 Å². The molecule has 0 bridgehead atoms. The average Bonchev–Trinajstić information content (AvgIpc) is 3.04. The van der Waals surface area contributed by atoms with Crippen LogP contribution in [0.4, 0.5) is 14.9 Å². The van der Waals surface area contributed by atoms with Gasteiger partial charge >= 0.3 is 6.03 Å². The largest absolute Gasteiger partial charge is 0.377 e. The molecular formula is C17H24FN3O2. The summed E-state index contributed by atoms with van der Waals surface area (Å²) >= 11 is 0. The van der Waals surface area contributed by atoms with Gasteiger partial charge in [-0.2, -0.15) is 0 Å². The number of piperazine rings is 1. The Labute approximate surface area is 136 Å². The third kappa shape index (κ3) is 4.20. The summed E-state index contributed by atoms with van der Waals surface area (Å²) in [6, 6.07) is 4.27. The van der Waals surface area contributed by atoms with Gasteiger partial charge in [0, 0.05) is 45.0 Å². The number of ether oxygens (including phenoxy) is 1. The normalized spacial score (nSPS) is 22.3. The van der Waals surface area contributed by atoms with E-state index in [0.29, 0.717) is 24.9 Å². The van der Waals surface area contributed by atoms with Crippen LogP contribution in [0.15, 0.2) is 18.2 Å². The molecule has 1 unspecified atom stereocenters. The summed E-state index contributed by atoms with van der Waals surface area (Å²) in [4.78, 5) is 16.5. The molecule has 1 aromatic carbocycles. The van der Waals surface area contributed by atoms with Crippen LogP contribution in [0, 0.1) is 12.7 Å². The van der Waals surface area contributed by atoms with E-state index in [2.05, 4.69) is 10.2 Å². The Morgan fingerprint density at radius 2 is 2.13 bits per heavy atom. The van der Waals surface area contributed by atoms with Gasteiger partial charge in [-0.1, -0.05) is 6.07 Å². The molecule has 2 amide bonds. The highest BCUT2D eigenvalue weighted by Gasteiger charge is 2.25. The van der Waals surface area contributed by atoms with Crippen LogP contribution in [0.3, 0.4) is 0 Å². The summed E-state index contributed by atoms with van der Waals surface area (Å²) in [6.07, 6.45) is 2.64. The molecule has 2 fully saturated rings. The van der Waals surface area contributed by atoms with E-state index < -0.39 is 0 Å². The van der Waals surface area contributed by atoms with E-state index in [1.54, 1.807) is 11.0 Å². The van der Waals surface area contributed by atoms with Gasteiger partial charge in [0.1, 0.15) is 5.82 Å². The number of carbonyl (C=O) groups is 1. The van der Waals surface area contributed by atoms with Gasteiger partial charge in [-0.05, 0) is 37.5 Å². The van der Waals surface area contributed by atoms with Crippen molar-refractivity contribution in [3.05, 3.63) is 29.6 Å². The summed E-state index contributed by atoms with van der Waals surface area (Å²) in [5, 5.41) is 2.81. The SMILES string of the molecule is Cc1ccc(F)cc1NC(=O)N1CCN(CC2CCCO2)CC1. The van der Waals surface area contributed by atoms with Gasteiger partial charge in [0.25, 0.3) is 0 Å². The third-order valence-corrected chi connectivity index (χ3v) is 4.59. The van der Waals surface area contributed by atoms with E-state index in [-0.39, 0.29) is 11.8 Å². The van der Waals surface area contributed by atoms with Gasteiger partial charge in [-0.3, -0.25) is 4.90 Å². The van der Waals surface area contributed by atoms with Crippen molar-refractivity contribution in [3.8, 4) is 0 Å². The Morgan fingerprint density at radius 1 is 1.35 bits per heavy atom. The van der Waals surface area contributed by atoms with Crippen molar-refractivity contribution >= 4 is 11.7 Å². The monoisotopic (exact) mass is 321 g/mol. The highest BCUT2D eigenvalue weighted by atomic mass is 19.1. The number of nitrogens with one attached hydrogen (secondary N) is 1. The Morgan fingerprint density at radius 3 is 2.83 bits per heavy atom. The molecule has 0 saturated carbocycles. The smallest absolute Gasteiger partial charge is 0.321 e. The number of anilines is 1. The summed E-state index contributed by atoms with van der Waals surface area (Å²) in [6.45, 7) is 6.78. The number of hydrogen-bond acceptors (Lipinski definition) is 3. The fraction of sp³-hybridized carbons (Fsp3) is 0.588. The zero-order valence-corrected chi connectivity index (χ0v) is 13.6. The highest BCUT2D eigenvalue weighted by Crippen LogP contribution is 2.18. The molecule has 1 N–H and O–H groups in total. The van der Waals surface area contributed by atoms with Crippen molar-refractivity contribution in [2.45, 2.75) is 25.9 Å². The molecular weight excluding hydrogens is 297 g/mol. The van der Waals surface area contributed by atoms with Crippen molar-refractivity contribution < 1.29 is 13.9 Å². The van der Waals surface area contributed by atoms with E-state index in [1.807, 2.05) is 6.92 Å². The molecule has 2 aliphatic rings. The molecule has 6 heteroatoms. The summed E-state index contributed by atoms with van der Waals surface area (Å²) < 4.78 is 19.0. The Hall–Kier alpha value is -1.66. The first-order chi connectivity index (χ1) is 11.1. The second-order valence-corrected chi connectivity index (χ2v) is 6.31. The second kappa shape index (κ2) is 7.27. The van der Waals surface area contributed by atoms with Gasteiger partial charge in [0.05, 0.1) is 6.10 Å². The van der Waals surface area contributed by atoms with Gasteiger partial charge in [0.2, 0.25) is 0 Å². The van der Waals surface area contributed by atoms with Crippen molar-refractivity contribution in [1.82, 2.24) is 9.80 Å². The minimum Gasteiger partial charge on any atom is -0.377 e. The minimum atomic E-state index is -0.340. The van der Waals surface area contributed by atoms with Crippen LogP contribution in [-0.4, -0.2) is 61.3 Å². The second-order valence-electron chi connectivity index (χ2n) is 6.31. The molecule has 126 valence electrons. The lowest BCUT2D eigenvalue weighted by atomic mass is 10.2. The van der Waals surface area contributed by atoms with Crippen LogP contribution in [0.2, 0.25) is 0 Å². The maximum atomic E-state index is 13.3. The van der Waals surface area contributed by atoms with E-state index in [9.17, 15) is 9.18 Å². The lowest BCUT2D eigenvalue weighted by Gasteiger charge is -2.35. The summed E-state index contributed by atoms with van der Waals surface area (Å²) in [7, 11) is 0. The maximum Gasteiger partial charge on any atom is 0.321 e. The molecule has 0 aromatic heterocycles. The Kier molecular flexibility index (Phi) is 5.13. The van der Waals surface area contributed by atoms with Gasteiger partial charge in [-0.25, -0.2) is 9.18 Å². The number of aryl methyl sites for hydroxylation is 1. The number of halogens is 1. The fourth-order valence-corrected chi connectivity index (χ4v) is 3.13. The predicted molar refractivity (Wildman–Crippen MR) is 87.1 cm³/mol. The number of carbonyl (C=O) groups excluding carboxylic acids is 1. The molecule has 2 saturated heterocycles. The van der Waals surface area contributed by atoms with Crippen LogP contribution in [-0.2, 0) is 4.74 Å². The lowest BCUT2D eigenvalue weighted by molar-refractivity contribution is 0.0572. The van der Waals surface area contributed by atoms with Crippen molar-refractivity contribution in [3.63, 3.8) is 0 Å². The molecule has 0 aliphatic carbocycles. The van der Waals surface area contributed by atoms with Gasteiger partial charge < -0.3 is 15.0 Å². The van der Waals surface area contributed by atoms with Crippen LogP contribution in [0.1, 0.15) is 18.4 Å². The molecule has 1 aromatic rings. The first kappa shape index (κ1) is 16.2. The Bertz CT molecular complexity index is 553. The zero-order chi connectivity index (χ0) is 16.2. The van der Waals surface area contributed by atoms with E-state index in [1.165, 1.54) is 12.1 Å². The fourth-order valence-electron chi connectivity index (χ4n) is 3.13. The predicted octanol–water partition coefficient (Wildman–Crippen LogP) is 2.46. The zero-order valence-electron chi connectivity index (χ0n) is 13.6. The van der Waals surface area contributed by atoms with Crippen LogP contribution >= 0.6 is 0 Å². The number of rotatable bonds is 3. The van der Waals surface area contributed by atoms with Crippen molar-refractivity contribution in [2.75, 3.05) is 44.6 Å². The summed E-state index contributed by atoms with van der Waals surface area (Å²) in [5.41, 5.74) is 1.40. The number of amides is 2. The standard InChI is InChI=1S/C17H24FN3O2/c1-13-4-5-14(18)11-16(13)19-17(22)21-8-6-20(7-9-21)12-15-3-2-10-23-15/h4-5,11,15H,2-3,6-10,12H2,1H3,(H,19,22). The Balaban J connectivity index is 1.48. The molecule has 0 radical (unpaired) electrons. The quantitative estimate of drug-likeness (QED) is 0.930. The van der Waals surface area contributed by atoms with E-state index >= 15 is 0 Å². The lowest BCUT2D eigenvalue weighted by Crippen LogP contribution is -2.51. The summed E-state index contributed by atoms with van der Waals surface area (Å²) in [5.74, 6) is -0.340. The molecule has 2 heterocycles. The van der Waals surface area contributed by atoms with Crippen LogP contribution in [0.25, 0.3) is 0 Å². The van der Waals surface area contributed by atoms with Crippen LogP contribution in [0.5, 0.6) is 0 Å². The van der Waals surface area contributed by atoms with Gasteiger partial charge in [0.15, 0.2) is 0 Å². The molecule has 0 spiro atoms. The molecule has 2 aliphatic heterocycles. The average molecular weight is 321 g/mol. The minimum absolute atomic E-state index is 0.157. The number of benzene rings is 1. The molecule has 23 heavy (non-hydrogen) atoms. The number of hydrogen-bond donors (Lipinski definition) is 1. The number of urea groups is 1. The van der Waals surface area contributed by atoms with Crippen LogP contribution < -0.4 is 5.32 Å².